The molecule has 0 amide bonds. The molecule has 0 saturated carbocycles. The van der Waals surface area contributed by atoms with Crippen molar-refractivity contribution in [1.82, 2.24) is 14.9 Å². The fourth-order valence-electron chi connectivity index (χ4n) is 2.49. The van der Waals surface area contributed by atoms with Crippen LogP contribution in [0.5, 0.6) is 0 Å². The minimum atomic E-state index is -0.258. The van der Waals surface area contributed by atoms with E-state index in [1.165, 1.54) is 6.33 Å². The van der Waals surface area contributed by atoms with E-state index in [1.807, 2.05) is 30.3 Å². The van der Waals surface area contributed by atoms with Gasteiger partial charge >= 0.3 is 0 Å². The van der Waals surface area contributed by atoms with Crippen molar-refractivity contribution in [3.8, 4) is 0 Å². The van der Waals surface area contributed by atoms with Crippen LogP contribution in [-0.2, 0) is 0 Å². The normalized spacial score (nSPS) is 12.2. The van der Waals surface area contributed by atoms with Gasteiger partial charge in [0.05, 0.1) is 16.1 Å². The first-order valence-corrected chi connectivity index (χ1v) is 8.46. The molecule has 0 spiro atoms. The van der Waals surface area contributed by atoms with Gasteiger partial charge in [0, 0.05) is 17.1 Å². The molecule has 0 saturated heterocycles. The largest absolute Gasteiger partial charge is 0.287 e. The van der Waals surface area contributed by atoms with Gasteiger partial charge in [0.15, 0.2) is 0 Å². The lowest BCUT2D eigenvalue weighted by Gasteiger charge is -2.30. The second-order valence-electron chi connectivity index (χ2n) is 5.13. The number of benzene rings is 2. The lowest BCUT2D eigenvalue weighted by Crippen LogP contribution is -2.35. The third kappa shape index (κ3) is 3.47. The van der Waals surface area contributed by atoms with Gasteiger partial charge in [-0.3, -0.25) is 5.01 Å². The summed E-state index contributed by atoms with van der Waals surface area (Å²) >= 11 is 24.7. The van der Waals surface area contributed by atoms with Gasteiger partial charge in [0.2, 0.25) is 0 Å². The smallest absolute Gasteiger partial charge is 0.139 e. The number of rotatable bonds is 4. The van der Waals surface area contributed by atoms with Gasteiger partial charge in [0.25, 0.3) is 0 Å². The minimum absolute atomic E-state index is 0.258. The monoisotopic (exact) mass is 400 g/mol. The highest BCUT2D eigenvalue weighted by Gasteiger charge is 2.24. The molecular weight excluding hydrogens is 390 g/mol. The SMILES string of the molecule is CN(C(c1ccc(Cl)c(Cl)c1)c1ccc(Cl)cc1Cl)n1cncn1. The minimum Gasteiger partial charge on any atom is -0.287 e. The molecule has 0 bridgehead atoms. The number of aromatic nitrogens is 3. The zero-order valence-electron chi connectivity index (χ0n) is 12.5. The van der Waals surface area contributed by atoms with Crippen LogP contribution in [0.15, 0.2) is 49.1 Å². The van der Waals surface area contributed by atoms with Gasteiger partial charge in [-0.25, -0.2) is 4.98 Å². The van der Waals surface area contributed by atoms with Gasteiger partial charge < -0.3 is 0 Å². The predicted octanol–water partition coefficient (Wildman–Crippen LogP) is 5.25. The lowest BCUT2D eigenvalue weighted by molar-refractivity contribution is 0.529. The molecule has 4 nitrogen and oxygen atoms in total. The van der Waals surface area contributed by atoms with E-state index >= 15 is 0 Å². The summed E-state index contributed by atoms with van der Waals surface area (Å²) < 4.78 is 0. The van der Waals surface area contributed by atoms with E-state index in [-0.39, 0.29) is 6.04 Å². The van der Waals surface area contributed by atoms with Crippen LogP contribution < -0.4 is 5.01 Å². The van der Waals surface area contributed by atoms with Crippen molar-refractivity contribution in [3.05, 3.63) is 80.3 Å². The zero-order valence-corrected chi connectivity index (χ0v) is 15.5. The van der Waals surface area contributed by atoms with Crippen molar-refractivity contribution in [2.75, 3.05) is 12.1 Å². The molecule has 3 aromatic rings. The predicted molar refractivity (Wildman–Crippen MR) is 98.9 cm³/mol. The van der Waals surface area contributed by atoms with Gasteiger partial charge in [-0.2, -0.15) is 4.79 Å². The topological polar surface area (TPSA) is 34.0 Å². The summed E-state index contributed by atoms with van der Waals surface area (Å²) in [5.41, 5.74) is 1.77. The van der Waals surface area contributed by atoms with E-state index in [2.05, 4.69) is 10.1 Å². The summed E-state index contributed by atoms with van der Waals surface area (Å²) in [4.78, 5) is 5.61. The molecule has 1 unspecified atom stereocenters. The summed E-state index contributed by atoms with van der Waals surface area (Å²) in [6, 6.07) is 10.6. The molecule has 2 aromatic carbocycles. The third-order valence-electron chi connectivity index (χ3n) is 3.62. The molecular formula is C16H12Cl4N4. The van der Waals surface area contributed by atoms with Crippen molar-refractivity contribution in [1.29, 1.82) is 0 Å². The van der Waals surface area contributed by atoms with E-state index < -0.39 is 0 Å². The summed E-state index contributed by atoms with van der Waals surface area (Å²) in [6.45, 7) is 0. The zero-order chi connectivity index (χ0) is 17.3. The van der Waals surface area contributed by atoms with E-state index in [9.17, 15) is 0 Å². The van der Waals surface area contributed by atoms with Crippen LogP contribution >= 0.6 is 46.4 Å². The molecule has 1 heterocycles. The summed E-state index contributed by atoms with van der Waals surface area (Å²) in [6.07, 6.45) is 3.07. The molecule has 3 rings (SSSR count). The Morgan fingerprint density at radius 1 is 0.958 bits per heavy atom. The molecule has 0 aliphatic rings. The number of hydrogen-bond donors (Lipinski definition) is 0. The maximum atomic E-state index is 6.44. The molecule has 0 N–H and O–H groups in total. The van der Waals surface area contributed by atoms with Crippen molar-refractivity contribution in [2.45, 2.75) is 6.04 Å². The van der Waals surface area contributed by atoms with Gasteiger partial charge in [-0.05, 0) is 35.4 Å². The van der Waals surface area contributed by atoms with Crippen LogP contribution in [0.3, 0.4) is 0 Å². The molecule has 24 heavy (non-hydrogen) atoms. The highest BCUT2D eigenvalue weighted by molar-refractivity contribution is 6.42. The van der Waals surface area contributed by atoms with E-state index in [0.29, 0.717) is 20.1 Å². The Kier molecular flexibility index (Phi) is 5.21. The first kappa shape index (κ1) is 17.4. The molecule has 0 radical (unpaired) electrons. The molecule has 1 atom stereocenters. The summed E-state index contributed by atoms with van der Waals surface area (Å²) in [5, 5.41) is 8.14. The molecule has 0 aliphatic carbocycles. The van der Waals surface area contributed by atoms with Crippen molar-refractivity contribution in [3.63, 3.8) is 0 Å². The number of nitrogens with zero attached hydrogens (tertiary/aromatic N) is 4. The van der Waals surface area contributed by atoms with Crippen molar-refractivity contribution < 1.29 is 0 Å². The van der Waals surface area contributed by atoms with E-state index in [4.69, 9.17) is 46.4 Å². The molecule has 0 aliphatic heterocycles. The van der Waals surface area contributed by atoms with E-state index in [0.717, 1.165) is 11.1 Å². The molecule has 0 fully saturated rings. The average molecular weight is 402 g/mol. The van der Waals surface area contributed by atoms with Gasteiger partial charge in [-0.15, -0.1) is 5.10 Å². The Labute approximate surface area is 159 Å². The Hall–Kier alpha value is -1.46. The van der Waals surface area contributed by atoms with Crippen LogP contribution in [0.1, 0.15) is 17.2 Å². The van der Waals surface area contributed by atoms with E-state index in [1.54, 1.807) is 29.3 Å². The number of hydrogen-bond acceptors (Lipinski definition) is 3. The second kappa shape index (κ2) is 7.19. The fraction of sp³-hybridized carbons (Fsp3) is 0.125. The highest BCUT2D eigenvalue weighted by Crippen LogP contribution is 2.35. The Morgan fingerprint density at radius 3 is 2.38 bits per heavy atom. The van der Waals surface area contributed by atoms with Crippen molar-refractivity contribution in [2.24, 2.45) is 0 Å². The molecule has 1 aromatic heterocycles. The standard InChI is InChI=1S/C16H12Cl4N4/c1-23(24-9-21-8-22-24)16(10-2-5-13(18)15(20)6-10)12-4-3-11(17)7-14(12)19/h2-9,16H,1H3. The Morgan fingerprint density at radius 2 is 1.75 bits per heavy atom. The van der Waals surface area contributed by atoms with Crippen LogP contribution in [0.25, 0.3) is 0 Å². The third-order valence-corrected chi connectivity index (χ3v) is 4.92. The summed E-state index contributed by atoms with van der Waals surface area (Å²) in [5.74, 6) is 0. The first-order valence-electron chi connectivity index (χ1n) is 6.95. The van der Waals surface area contributed by atoms with Crippen molar-refractivity contribution >= 4 is 46.4 Å². The van der Waals surface area contributed by atoms with Gasteiger partial charge in [-0.1, -0.05) is 58.5 Å². The van der Waals surface area contributed by atoms with Gasteiger partial charge in [0.1, 0.15) is 12.7 Å². The Bertz CT molecular complexity index is 851. The number of halogens is 4. The Balaban J connectivity index is 2.14. The van der Waals surface area contributed by atoms with Crippen LogP contribution in [-0.4, -0.2) is 21.9 Å². The second-order valence-corrected chi connectivity index (χ2v) is 6.79. The maximum Gasteiger partial charge on any atom is 0.139 e. The molecule has 8 heteroatoms. The first-order chi connectivity index (χ1) is 11.5. The van der Waals surface area contributed by atoms with Crippen LogP contribution in [0.2, 0.25) is 20.1 Å². The quantitative estimate of drug-likeness (QED) is 0.598. The summed E-state index contributed by atoms with van der Waals surface area (Å²) in [7, 11) is 1.88. The highest BCUT2D eigenvalue weighted by atomic mass is 35.5. The maximum absolute atomic E-state index is 6.44. The average Bonchev–Trinajstić information content (AvgIpc) is 3.07. The van der Waals surface area contributed by atoms with Crippen LogP contribution in [0, 0.1) is 0 Å². The van der Waals surface area contributed by atoms with Crippen LogP contribution in [0.4, 0.5) is 0 Å². The molecule has 124 valence electrons. The fourth-order valence-corrected chi connectivity index (χ4v) is 3.30. The lowest BCUT2D eigenvalue weighted by atomic mass is 9.98.